The first-order valence-electron chi connectivity index (χ1n) is 9.59. The molecule has 8 nitrogen and oxygen atoms in total. The highest BCUT2D eigenvalue weighted by atomic mass is 16.5. The molecule has 27 heavy (non-hydrogen) atoms. The van der Waals surface area contributed by atoms with E-state index in [1.165, 1.54) is 31.9 Å². The van der Waals surface area contributed by atoms with Crippen LogP contribution in [0.15, 0.2) is 12.3 Å². The Balaban J connectivity index is 0.000000574. The lowest BCUT2D eigenvalue weighted by Crippen LogP contribution is -2.04. The number of hydrogen-bond donors (Lipinski definition) is 3. The average molecular weight is 381 g/mol. The van der Waals surface area contributed by atoms with Gasteiger partial charge in [-0.05, 0) is 19.4 Å². The Kier molecular flexibility index (Phi) is 13.5. The Morgan fingerprint density at radius 2 is 1.81 bits per heavy atom. The minimum absolute atomic E-state index is 0.128. The molecule has 0 aliphatic heterocycles. The third-order valence-corrected chi connectivity index (χ3v) is 3.60. The first-order valence-corrected chi connectivity index (χ1v) is 9.59. The van der Waals surface area contributed by atoms with Crippen molar-refractivity contribution in [3.05, 3.63) is 23.7 Å². The van der Waals surface area contributed by atoms with Gasteiger partial charge in [-0.3, -0.25) is 4.68 Å². The van der Waals surface area contributed by atoms with E-state index < -0.39 is 0 Å². The molecule has 0 fully saturated rings. The van der Waals surface area contributed by atoms with E-state index in [4.69, 9.17) is 21.3 Å². The molecule has 0 saturated heterocycles. The van der Waals surface area contributed by atoms with Crippen LogP contribution in [0.4, 0.5) is 11.8 Å². The predicted molar refractivity (Wildman–Crippen MR) is 110 cm³/mol. The van der Waals surface area contributed by atoms with Crippen LogP contribution in [0.25, 0.3) is 0 Å². The molecular weight excluding hydrogens is 344 g/mol. The van der Waals surface area contributed by atoms with Gasteiger partial charge in [-0.2, -0.15) is 10.1 Å². The number of aryl methyl sites for hydroxylation is 2. The van der Waals surface area contributed by atoms with Gasteiger partial charge in [0, 0.05) is 19.3 Å². The Hall–Kier alpha value is -2.35. The number of aliphatic hydroxyl groups excluding tert-OH is 1. The highest BCUT2D eigenvalue weighted by Crippen LogP contribution is 2.19. The molecule has 0 aromatic carbocycles. The lowest BCUT2D eigenvalue weighted by Gasteiger charge is -2.05. The Labute approximate surface area is 163 Å². The molecule has 0 unspecified atom stereocenters. The van der Waals surface area contributed by atoms with Crippen LogP contribution in [-0.4, -0.2) is 31.5 Å². The van der Waals surface area contributed by atoms with Crippen molar-refractivity contribution in [2.75, 3.05) is 18.1 Å². The van der Waals surface area contributed by atoms with Crippen LogP contribution in [0.3, 0.4) is 0 Å². The first-order chi connectivity index (χ1) is 13.0. The normalized spacial score (nSPS) is 9.70. The number of anilines is 2. The van der Waals surface area contributed by atoms with Gasteiger partial charge in [-0.1, -0.05) is 46.5 Å². The molecule has 0 amide bonds. The Morgan fingerprint density at radius 1 is 1.15 bits per heavy atom. The molecule has 0 radical (unpaired) electrons. The molecule has 2 rings (SSSR count). The van der Waals surface area contributed by atoms with Crippen molar-refractivity contribution < 1.29 is 9.84 Å². The number of unbranched alkanes of at least 4 members (excludes halogenated alkanes) is 4. The number of nitrogens with two attached hydrogens (primary N) is 2. The fraction of sp³-hybridized carbons (Fsp3) is 0.632. The summed E-state index contributed by atoms with van der Waals surface area (Å²) in [6, 6.07) is 1.94. The second-order valence-corrected chi connectivity index (χ2v) is 5.80. The van der Waals surface area contributed by atoms with E-state index in [2.05, 4.69) is 22.0 Å². The van der Waals surface area contributed by atoms with Crippen LogP contribution >= 0.6 is 0 Å². The van der Waals surface area contributed by atoms with Gasteiger partial charge >= 0.3 is 0 Å². The topological polar surface area (TPSA) is 125 Å². The lowest BCUT2D eigenvalue weighted by atomic mass is 10.2. The number of nitrogen functional groups attached to an aromatic ring is 2. The third-order valence-electron chi connectivity index (χ3n) is 3.60. The van der Waals surface area contributed by atoms with E-state index in [0.717, 1.165) is 17.8 Å². The van der Waals surface area contributed by atoms with Crippen LogP contribution in [0.1, 0.15) is 64.3 Å². The van der Waals surface area contributed by atoms with Crippen LogP contribution in [0.5, 0.6) is 5.75 Å². The molecule has 5 N–H and O–H groups in total. The molecule has 0 bridgehead atoms. The summed E-state index contributed by atoms with van der Waals surface area (Å²) in [6.45, 7) is 8.85. The zero-order chi connectivity index (χ0) is 20.7. The molecule has 0 aliphatic carbocycles. The standard InChI is InChI=1S/C10H14N6O.C7H16O.C2H6/c1-6-3-7(15-16(6)2)5-17-8-4-13-10(12)14-9(8)11;1-2-3-4-5-6-7-8;1-2/h3-4H,5H2,1-2H3,(H4,11,12,13,14);8H,2-7H2,1H3;1-2H3. The Morgan fingerprint density at radius 3 is 2.33 bits per heavy atom. The summed E-state index contributed by atoms with van der Waals surface area (Å²) in [6.07, 6.45) is 7.53. The smallest absolute Gasteiger partial charge is 0.222 e. The van der Waals surface area contributed by atoms with E-state index in [-0.39, 0.29) is 11.8 Å². The summed E-state index contributed by atoms with van der Waals surface area (Å²) in [5.74, 6) is 0.760. The molecule has 8 heteroatoms. The summed E-state index contributed by atoms with van der Waals surface area (Å²) < 4.78 is 7.24. The fourth-order valence-corrected chi connectivity index (χ4v) is 2.08. The largest absolute Gasteiger partial charge is 0.482 e. The van der Waals surface area contributed by atoms with Crippen LogP contribution in [-0.2, 0) is 13.7 Å². The number of rotatable bonds is 8. The van der Waals surface area contributed by atoms with Crippen molar-refractivity contribution in [2.24, 2.45) is 7.05 Å². The lowest BCUT2D eigenvalue weighted by molar-refractivity contribution is 0.282. The molecule has 154 valence electrons. The minimum Gasteiger partial charge on any atom is -0.482 e. The molecule has 2 heterocycles. The number of aromatic nitrogens is 4. The van der Waals surface area contributed by atoms with Crippen molar-refractivity contribution in [1.29, 1.82) is 0 Å². The third kappa shape index (κ3) is 10.4. The molecular formula is C19H36N6O2. The van der Waals surface area contributed by atoms with Crippen molar-refractivity contribution >= 4 is 11.8 Å². The van der Waals surface area contributed by atoms with Crippen LogP contribution < -0.4 is 16.2 Å². The average Bonchev–Trinajstić information content (AvgIpc) is 2.98. The van der Waals surface area contributed by atoms with E-state index in [0.29, 0.717) is 19.0 Å². The van der Waals surface area contributed by atoms with Gasteiger partial charge in [0.1, 0.15) is 12.3 Å². The summed E-state index contributed by atoms with van der Waals surface area (Å²) in [7, 11) is 1.87. The number of nitrogens with zero attached hydrogens (tertiary/aromatic N) is 4. The summed E-state index contributed by atoms with van der Waals surface area (Å²) in [5, 5.41) is 12.6. The predicted octanol–water partition coefficient (Wildman–Crippen LogP) is 3.24. The maximum absolute atomic E-state index is 8.37. The van der Waals surface area contributed by atoms with Crippen molar-refractivity contribution in [2.45, 2.75) is 66.4 Å². The maximum Gasteiger partial charge on any atom is 0.222 e. The van der Waals surface area contributed by atoms with Crippen LogP contribution in [0, 0.1) is 6.92 Å². The second kappa shape index (κ2) is 14.8. The molecule has 2 aromatic heterocycles. The van der Waals surface area contributed by atoms with Crippen LogP contribution in [0.2, 0.25) is 0 Å². The first kappa shape index (κ1) is 24.7. The van der Waals surface area contributed by atoms with Crippen molar-refractivity contribution in [1.82, 2.24) is 19.7 Å². The summed E-state index contributed by atoms with van der Waals surface area (Å²) >= 11 is 0. The van der Waals surface area contributed by atoms with E-state index in [1.54, 1.807) is 4.68 Å². The van der Waals surface area contributed by atoms with Gasteiger partial charge < -0.3 is 21.3 Å². The Bertz CT molecular complexity index is 605. The maximum atomic E-state index is 8.37. The second-order valence-electron chi connectivity index (χ2n) is 5.80. The highest BCUT2D eigenvalue weighted by Gasteiger charge is 2.06. The molecule has 0 aliphatic rings. The van der Waals surface area contributed by atoms with Gasteiger partial charge in [0.05, 0.1) is 6.20 Å². The van der Waals surface area contributed by atoms with E-state index >= 15 is 0 Å². The van der Waals surface area contributed by atoms with Gasteiger partial charge in [-0.15, -0.1) is 0 Å². The molecule has 0 saturated carbocycles. The molecule has 0 atom stereocenters. The number of aliphatic hydroxyl groups is 1. The summed E-state index contributed by atoms with van der Waals surface area (Å²) in [4.78, 5) is 7.61. The number of hydrogen-bond acceptors (Lipinski definition) is 7. The minimum atomic E-state index is 0.128. The zero-order valence-electron chi connectivity index (χ0n) is 17.4. The van der Waals surface area contributed by atoms with Gasteiger partial charge in [0.25, 0.3) is 0 Å². The van der Waals surface area contributed by atoms with Crippen molar-refractivity contribution in [3.63, 3.8) is 0 Å². The summed E-state index contributed by atoms with van der Waals surface area (Å²) in [5.41, 5.74) is 12.9. The molecule has 2 aromatic rings. The number of ether oxygens (including phenoxy) is 1. The van der Waals surface area contributed by atoms with Gasteiger partial charge in [-0.25, -0.2) is 4.98 Å². The monoisotopic (exact) mass is 380 g/mol. The van der Waals surface area contributed by atoms with Gasteiger partial charge in [0.15, 0.2) is 11.6 Å². The van der Waals surface area contributed by atoms with E-state index in [1.807, 2.05) is 33.9 Å². The van der Waals surface area contributed by atoms with Gasteiger partial charge in [0.2, 0.25) is 5.95 Å². The molecule has 0 spiro atoms. The quantitative estimate of drug-likeness (QED) is 0.600. The van der Waals surface area contributed by atoms with E-state index in [9.17, 15) is 0 Å². The SMILES string of the molecule is CC.CCCCCCCO.Cc1cc(COc2cnc(N)nc2N)nn1C. The fourth-order valence-electron chi connectivity index (χ4n) is 2.08. The zero-order valence-corrected chi connectivity index (χ0v) is 17.4. The van der Waals surface area contributed by atoms with Crippen molar-refractivity contribution in [3.8, 4) is 5.75 Å². The highest BCUT2D eigenvalue weighted by molar-refractivity contribution is 5.46.